The molecular weight excluding hydrogens is 245 g/mol. The number of carbonyl (C=O) groups is 1. The lowest BCUT2D eigenvalue weighted by atomic mass is 10.0. The van der Waals surface area contributed by atoms with Gasteiger partial charge in [0.15, 0.2) is 0 Å². The molecule has 96 valence electrons. The van der Waals surface area contributed by atoms with Crippen molar-refractivity contribution in [2.45, 2.75) is 5.92 Å². The molecule has 0 aliphatic heterocycles. The number of rotatable bonds is 4. The second kappa shape index (κ2) is 5.91. The number of hydrogen-bond acceptors (Lipinski definition) is 2. The Hall–Kier alpha value is -2.49. The van der Waals surface area contributed by atoms with Crippen LogP contribution in [0.4, 0.5) is 10.1 Å². The molecular formula is C15H12FNO2. The van der Waals surface area contributed by atoms with E-state index in [-0.39, 0.29) is 5.82 Å². The van der Waals surface area contributed by atoms with Gasteiger partial charge in [-0.1, -0.05) is 30.3 Å². The molecule has 1 N–H and O–H groups in total. The predicted molar refractivity (Wildman–Crippen MR) is 71.4 cm³/mol. The minimum absolute atomic E-state index is 0.350. The molecule has 0 saturated heterocycles. The second-order valence-corrected chi connectivity index (χ2v) is 3.98. The van der Waals surface area contributed by atoms with Gasteiger partial charge in [0.25, 0.3) is 0 Å². The fraction of sp³-hybridized carbons (Fsp3) is 0.0667. The van der Waals surface area contributed by atoms with Gasteiger partial charge in [0, 0.05) is 6.21 Å². The number of carboxylic acids is 1. The molecule has 1 unspecified atom stereocenters. The fourth-order valence-corrected chi connectivity index (χ4v) is 1.64. The van der Waals surface area contributed by atoms with Crippen LogP contribution in [0.15, 0.2) is 59.6 Å². The summed E-state index contributed by atoms with van der Waals surface area (Å²) in [6, 6.07) is 14.4. The van der Waals surface area contributed by atoms with Crippen LogP contribution in [0.5, 0.6) is 0 Å². The average Bonchev–Trinajstić information content (AvgIpc) is 2.42. The highest BCUT2D eigenvalue weighted by molar-refractivity contribution is 5.95. The Morgan fingerprint density at radius 2 is 1.74 bits per heavy atom. The van der Waals surface area contributed by atoms with Crippen molar-refractivity contribution in [3.63, 3.8) is 0 Å². The van der Waals surface area contributed by atoms with Crippen LogP contribution in [0.3, 0.4) is 0 Å². The van der Waals surface area contributed by atoms with Gasteiger partial charge in [-0.2, -0.15) is 0 Å². The average molecular weight is 257 g/mol. The van der Waals surface area contributed by atoms with E-state index in [1.54, 1.807) is 24.3 Å². The van der Waals surface area contributed by atoms with E-state index in [0.29, 0.717) is 11.3 Å². The number of halogens is 1. The molecule has 2 aromatic rings. The van der Waals surface area contributed by atoms with Crippen LogP contribution >= 0.6 is 0 Å². The third kappa shape index (κ3) is 3.48. The van der Waals surface area contributed by atoms with Crippen molar-refractivity contribution in [2.75, 3.05) is 0 Å². The van der Waals surface area contributed by atoms with Gasteiger partial charge in [0.2, 0.25) is 0 Å². The van der Waals surface area contributed by atoms with Crippen molar-refractivity contribution in [3.05, 3.63) is 66.0 Å². The van der Waals surface area contributed by atoms with Gasteiger partial charge in [-0.15, -0.1) is 0 Å². The first-order valence-corrected chi connectivity index (χ1v) is 5.74. The van der Waals surface area contributed by atoms with Crippen molar-refractivity contribution in [3.8, 4) is 0 Å². The third-order valence-electron chi connectivity index (χ3n) is 2.62. The number of nitrogens with zero attached hydrogens (tertiary/aromatic N) is 1. The zero-order valence-corrected chi connectivity index (χ0v) is 10.0. The van der Waals surface area contributed by atoms with Crippen LogP contribution in [-0.2, 0) is 4.79 Å². The Bertz CT molecular complexity index is 579. The Kier molecular flexibility index (Phi) is 4.03. The molecule has 0 heterocycles. The smallest absolute Gasteiger partial charge is 0.316 e. The van der Waals surface area contributed by atoms with Crippen molar-refractivity contribution in [1.82, 2.24) is 0 Å². The molecule has 0 spiro atoms. The number of hydrogen-bond donors (Lipinski definition) is 1. The topological polar surface area (TPSA) is 49.7 Å². The first kappa shape index (κ1) is 13.0. The lowest BCUT2D eigenvalue weighted by molar-refractivity contribution is -0.136. The highest BCUT2D eigenvalue weighted by Gasteiger charge is 2.16. The minimum Gasteiger partial charge on any atom is -0.481 e. The summed E-state index contributed by atoms with van der Waals surface area (Å²) < 4.78 is 12.7. The quantitative estimate of drug-likeness (QED) is 0.853. The summed E-state index contributed by atoms with van der Waals surface area (Å²) in [7, 11) is 0. The van der Waals surface area contributed by atoms with E-state index < -0.39 is 11.9 Å². The van der Waals surface area contributed by atoms with E-state index in [0.717, 1.165) is 0 Å². The predicted octanol–water partition coefficient (Wildman–Crippen LogP) is 3.40. The van der Waals surface area contributed by atoms with Crippen molar-refractivity contribution >= 4 is 17.9 Å². The molecule has 0 aliphatic rings. The van der Waals surface area contributed by atoms with E-state index in [1.807, 2.05) is 6.07 Å². The van der Waals surface area contributed by atoms with Crippen LogP contribution < -0.4 is 0 Å². The molecule has 4 heteroatoms. The first-order chi connectivity index (χ1) is 9.16. The van der Waals surface area contributed by atoms with Gasteiger partial charge >= 0.3 is 5.97 Å². The highest BCUT2D eigenvalue weighted by Crippen LogP contribution is 2.17. The number of benzene rings is 2. The summed E-state index contributed by atoms with van der Waals surface area (Å²) >= 11 is 0. The molecule has 1 atom stereocenters. The van der Waals surface area contributed by atoms with Gasteiger partial charge in [0.1, 0.15) is 11.7 Å². The van der Waals surface area contributed by atoms with E-state index >= 15 is 0 Å². The molecule has 0 amide bonds. The zero-order valence-electron chi connectivity index (χ0n) is 10.0. The summed E-state index contributed by atoms with van der Waals surface area (Å²) in [5.41, 5.74) is 1.17. The fourth-order valence-electron chi connectivity index (χ4n) is 1.64. The molecule has 0 saturated carbocycles. The molecule has 2 aromatic carbocycles. The summed E-state index contributed by atoms with van der Waals surface area (Å²) in [5, 5.41) is 9.20. The standard InChI is InChI=1S/C15H12FNO2/c16-12-6-8-13(9-7-12)17-10-14(15(18)19)11-4-2-1-3-5-11/h1-10,14H,(H,18,19). The molecule has 0 aliphatic carbocycles. The van der Waals surface area contributed by atoms with Crippen molar-refractivity contribution in [2.24, 2.45) is 4.99 Å². The maximum Gasteiger partial charge on any atom is 0.316 e. The number of aliphatic imine (C=N–C) groups is 1. The van der Waals surface area contributed by atoms with Crippen LogP contribution in [0, 0.1) is 5.82 Å². The summed E-state index contributed by atoms with van der Waals surface area (Å²) in [6.07, 6.45) is 1.35. The third-order valence-corrected chi connectivity index (χ3v) is 2.62. The molecule has 2 rings (SSSR count). The van der Waals surface area contributed by atoms with Gasteiger partial charge in [0.05, 0.1) is 5.69 Å². The van der Waals surface area contributed by atoms with Gasteiger partial charge in [-0.25, -0.2) is 4.39 Å². The van der Waals surface area contributed by atoms with E-state index in [1.165, 1.54) is 30.5 Å². The highest BCUT2D eigenvalue weighted by atomic mass is 19.1. The summed E-state index contributed by atoms with van der Waals surface area (Å²) in [4.78, 5) is 15.3. The normalized spacial score (nSPS) is 12.5. The lowest BCUT2D eigenvalue weighted by Gasteiger charge is -2.06. The van der Waals surface area contributed by atoms with Crippen LogP contribution in [0.1, 0.15) is 11.5 Å². The molecule has 0 radical (unpaired) electrons. The Morgan fingerprint density at radius 3 is 2.32 bits per heavy atom. The zero-order chi connectivity index (χ0) is 13.7. The SMILES string of the molecule is O=C(O)C(C=Nc1ccc(F)cc1)c1ccccc1. The number of carboxylic acid groups (broad SMARTS) is 1. The Morgan fingerprint density at radius 1 is 1.11 bits per heavy atom. The van der Waals surface area contributed by atoms with E-state index in [4.69, 9.17) is 0 Å². The maximum atomic E-state index is 12.7. The largest absolute Gasteiger partial charge is 0.481 e. The van der Waals surface area contributed by atoms with Crippen molar-refractivity contribution < 1.29 is 14.3 Å². The second-order valence-electron chi connectivity index (χ2n) is 3.98. The van der Waals surface area contributed by atoms with Crippen LogP contribution in [0.2, 0.25) is 0 Å². The summed E-state index contributed by atoms with van der Waals surface area (Å²) in [5.74, 6) is -2.14. The Labute approximate surface area is 110 Å². The molecule has 19 heavy (non-hydrogen) atoms. The molecule has 0 fully saturated rings. The van der Waals surface area contributed by atoms with Crippen LogP contribution in [-0.4, -0.2) is 17.3 Å². The van der Waals surface area contributed by atoms with E-state index in [9.17, 15) is 14.3 Å². The van der Waals surface area contributed by atoms with E-state index in [2.05, 4.69) is 4.99 Å². The van der Waals surface area contributed by atoms with Gasteiger partial charge in [-0.3, -0.25) is 9.79 Å². The summed E-state index contributed by atoms with van der Waals surface area (Å²) in [6.45, 7) is 0. The monoisotopic (exact) mass is 257 g/mol. The van der Waals surface area contributed by atoms with Gasteiger partial charge < -0.3 is 5.11 Å². The molecule has 3 nitrogen and oxygen atoms in total. The van der Waals surface area contributed by atoms with Crippen molar-refractivity contribution in [1.29, 1.82) is 0 Å². The first-order valence-electron chi connectivity index (χ1n) is 5.74. The van der Waals surface area contributed by atoms with Crippen LogP contribution in [0.25, 0.3) is 0 Å². The minimum atomic E-state index is -0.975. The Balaban J connectivity index is 2.22. The molecule has 0 aromatic heterocycles. The maximum absolute atomic E-state index is 12.7. The molecule has 0 bridgehead atoms. The number of aliphatic carboxylic acids is 1. The lowest BCUT2D eigenvalue weighted by Crippen LogP contribution is -2.12. The van der Waals surface area contributed by atoms with Gasteiger partial charge in [-0.05, 0) is 29.8 Å².